The summed E-state index contributed by atoms with van der Waals surface area (Å²) in [6.07, 6.45) is 2.04. The Morgan fingerprint density at radius 2 is 2.04 bits per heavy atom. The van der Waals surface area contributed by atoms with E-state index in [4.69, 9.17) is 0 Å². The first-order valence-electron chi connectivity index (χ1n) is 7.63. The molecule has 1 aromatic heterocycles. The van der Waals surface area contributed by atoms with E-state index in [-0.39, 0.29) is 5.91 Å². The highest BCUT2D eigenvalue weighted by molar-refractivity contribution is 9.10. The van der Waals surface area contributed by atoms with Crippen molar-refractivity contribution in [1.82, 2.24) is 15.1 Å². The molecular weight excluding hydrogens is 356 g/mol. The molecule has 0 saturated carbocycles. The number of nitrogens with one attached hydrogen (secondary N) is 1. The highest BCUT2D eigenvalue weighted by Gasteiger charge is 2.13. The average Bonchev–Trinajstić information content (AvgIpc) is 2.56. The normalized spacial score (nSPS) is 10.4. The van der Waals surface area contributed by atoms with E-state index < -0.39 is 0 Å². The number of carbonyl (C=O) groups excluding carboxylic acids is 1. The summed E-state index contributed by atoms with van der Waals surface area (Å²) in [5.74, 6) is 0.504. The number of benzene rings is 1. The van der Waals surface area contributed by atoms with Gasteiger partial charge in [0.1, 0.15) is 0 Å². The molecule has 0 aliphatic rings. The van der Waals surface area contributed by atoms with Gasteiger partial charge in [-0.1, -0.05) is 35.3 Å². The van der Waals surface area contributed by atoms with Crippen molar-refractivity contribution in [3.63, 3.8) is 0 Å². The lowest BCUT2D eigenvalue weighted by atomic mass is 10.2. The summed E-state index contributed by atoms with van der Waals surface area (Å²) < 4.78 is 1.03. The molecule has 1 aromatic carbocycles. The van der Waals surface area contributed by atoms with Crippen LogP contribution in [0.25, 0.3) is 0 Å². The molecule has 2 rings (SSSR count). The maximum absolute atomic E-state index is 12.2. The molecule has 2 aromatic rings. The Labute approximate surface area is 145 Å². The number of aromatic nitrogens is 2. The van der Waals surface area contributed by atoms with Crippen molar-refractivity contribution in [3.05, 3.63) is 46.1 Å². The Bertz CT molecular complexity index is 673. The number of anilines is 2. The van der Waals surface area contributed by atoms with Gasteiger partial charge in [-0.25, -0.2) is 0 Å². The largest absolute Gasteiger partial charge is 0.340 e. The number of nitrogens with zero attached hydrogens (tertiary/aromatic N) is 3. The zero-order valence-corrected chi connectivity index (χ0v) is 15.2. The third-order valence-electron chi connectivity index (χ3n) is 3.52. The van der Waals surface area contributed by atoms with Crippen LogP contribution in [-0.2, 0) is 0 Å². The molecule has 0 unspecified atom stereocenters. The van der Waals surface area contributed by atoms with Crippen LogP contribution in [0.3, 0.4) is 0 Å². The molecule has 0 aliphatic carbocycles. The lowest BCUT2D eigenvalue weighted by Gasteiger charge is -2.15. The SMILES string of the molecule is CCCCN(C)C(=O)c1ccc(Nc2ccc(C)c(Br)c2)nn1. The minimum atomic E-state index is -0.101. The Balaban J connectivity index is 2.04. The summed E-state index contributed by atoms with van der Waals surface area (Å²) in [4.78, 5) is 13.9. The topological polar surface area (TPSA) is 58.1 Å². The van der Waals surface area contributed by atoms with Gasteiger partial charge in [0.25, 0.3) is 5.91 Å². The first kappa shape index (κ1) is 17.4. The van der Waals surface area contributed by atoms with Gasteiger partial charge in [-0.2, -0.15) is 0 Å². The average molecular weight is 377 g/mol. The third-order valence-corrected chi connectivity index (χ3v) is 4.38. The second-order valence-electron chi connectivity index (χ2n) is 5.47. The lowest BCUT2D eigenvalue weighted by Crippen LogP contribution is -2.28. The molecular formula is C17H21BrN4O. The molecule has 1 heterocycles. The van der Waals surface area contributed by atoms with E-state index in [0.717, 1.165) is 35.1 Å². The smallest absolute Gasteiger partial charge is 0.274 e. The second-order valence-corrected chi connectivity index (χ2v) is 6.33. The van der Waals surface area contributed by atoms with Crippen LogP contribution in [0.15, 0.2) is 34.8 Å². The summed E-state index contributed by atoms with van der Waals surface area (Å²) in [7, 11) is 1.79. The van der Waals surface area contributed by atoms with Crippen molar-refractivity contribution >= 4 is 33.3 Å². The number of halogens is 1. The van der Waals surface area contributed by atoms with E-state index >= 15 is 0 Å². The number of amides is 1. The monoisotopic (exact) mass is 376 g/mol. The van der Waals surface area contributed by atoms with E-state index in [1.54, 1.807) is 24.1 Å². The summed E-state index contributed by atoms with van der Waals surface area (Å²) in [5, 5.41) is 11.3. The van der Waals surface area contributed by atoms with Crippen LogP contribution < -0.4 is 5.32 Å². The highest BCUT2D eigenvalue weighted by atomic mass is 79.9. The van der Waals surface area contributed by atoms with Crippen LogP contribution in [0, 0.1) is 6.92 Å². The molecule has 0 fully saturated rings. The maximum atomic E-state index is 12.2. The van der Waals surface area contributed by atoms with Gasteiger partial charge in [0, 0.05) is 23.8 Å². The molecule has 23 heavy (non-hydrogen) atoms. The Morgan fingerprint density at radius 3 is 2.65 bits per heavy atom. The number of unbranched alkanes of at least 4 members (excludes halogenated alkanes) is 1. The Kier molecular flexibility index (Phi) is 6.10. The van der Waals surface area contributed by atoms with Gasteiger partial charge in [0.2, 0.25) is 0 Å². The Hall–Kier alpha value is -1.95. The van der Waals surface area contributed by atoms with Gasteiger partial charge in [-0.15, -0.1) is 10.2 Å². The fourth-order valence-electron chi connectivity index (χ4n) is 2.02. The third kappa shape index (κ3) is 4.76. The van der Waals surface area contributed by atoms with Gasteiger partial charge in [-0.3, -0.25) is 4.79 Å². The minimum absolute atomic E-state index is 0.101. The molecule has 122 valence electrons. The zero-order valence-electron chi connectivity index (χ0n) is 13.6. The summed E-state index contributed by atoms with van der Waals surface area (Å²) in [5.41, 5.74) is 2.44. The molecule has 0 bridgehead atoms. The van der Waals surface area contributed by atoms with Gasteiger partial charge in [-0.05, 0) is 43.2 Å². The first-order chi connectivity index (χ1) is 11.0. The van der Waals surface area contributed by atoms with Crippen LogP contribution in [0.5, 0.6) is 0 Å². The molecule has 0 atom stereocenters. The fraction of sp³-hybridized carbons (Fsp3) is 0.353. The summed E-state index contributed by atoms with van der Waals surface area (Å²) >= 11 is 3.50. The molecule has 0 saturated heterocycles. The molecule has 1 N–H and O–H groups in total. The van der Waals surface area contributed by atoms with Crippen LogP contribution in [0.1, 0.15) is 35.8 Å². The molecule has 5 nitrogen and oxygen atoms in total. The van der Waals surface area contributed by atoms with Crippen molar-refractivity contribution in [2.45, 2.75) is 26.7 Å². The molecule has 0 aliphatic heterocycles. The van der Waals surface area contributed by atoms with E-state index in [0.29, 0.717) is 11.5 Å². The summed E-state index contributed by atoms with van der Waals surface area (Å²) in [6, 6.07) is 9.43. The zero-order chi connectivity index (χ0) is 16.8. The minimum Gasteiger partial charge on any atom is -0.340 e. The van der Waals surface area contributed by atoms with Crippen molar-refractivity contribution in [2.75, 3.05) is 18.9 Å². The van der Waals surface area contributed by atoms with Crippen LogP contribution in [0.2, 0.25) is 0 Å². The number of rotatable bonds is 6. The number of hydrogen-bond acceptors (Lipinski definition) is 4. The van der Waals surface area contributed by atoms with Crippen molar-refractivity contribution < 1.29 is 4.79 Å². The van der Waals surface area contributed by atoms with Gasteiger partial charge >= 0.3 is 0 Å². The number of hydrogen-bond donors (Lipinski definition) is 1. The van der Waals surface area contributed by atoms with E-state index in [1.165, 1.54) is 0 Å². The number of aryl methyl sites for hydroxylation is 1. The van der Waals surface area contributed by atoms with E-state index in [1.807, 2.05) is 25.1 Å². The highest BCUT2D eigenvalue weighted by Crippen LogP contribution is 2.22. The maximum Gasteiger partial charge on any atom is 0.274 e. The number of carbonyl (C=O) groups is 1. The molecule has 0 spiro atoms. The quantitative estimate of drug-likeness (QED) is 0.821. The Morgan fingerprint density at radius 1 is 1.26 bits per heavy atom. The van der Waals surface area contributed by atoms with Crippen LogP contribution in [0.4, 0.5) is 11.5 Å². The van der Waals surface area contributed by atoms with Crippen molar-refractivity contribution in [1.29, 1.82) is 0 Å². The van der Waals surface area contributed by atoms with Gasteiger partial charge < -0.3 is 10.2 Å². The van der Waals surface area contributed by atoms with Gasteiger partial charge in [0.05, 0.1) is 0 Å². The second kappa shape index (κ2) is 8.06. The molecule has 1 amide bonds. The molecule has 6 heteroatoms. The molecule has 0 radical (unpaired) electrons. The summed E-state index contributed by atoms with van der Waals surface area (Å²) in [6.45, 7) is 4.86. The first-order valence-corrected chi connectivity index (χ1v) is 8.43. The predicted octanol–water partition coefficient (Wildman–Crippen LogP) is 4.16. The lowest BCUT2D eigenvalue weighted by molar-refractivity contribution is 0.0786. The van der Waals surface area contributed by atoms with E-state index in [2.05, 4.69) is 38.4 Å². The standard InChI is InChI=1S/C17H21BrN4O/c1-4-5-10-22(3)17(23)15-8-9-16(21-20-15)19-13-7-6-12(2)14(18)11-13/h6-9,11H,4-5,10H2,1-3H3,(H,19,21). The van der Waals surface area contributed by atoms with Crippen LogP contribution >= 0.6 is 15.9 Å². The van der Waals surface area contributed by atoms with Crippen molar-refractivity contribution in [3.8, 4) is 0 Å². The van der Waals surface area contributed by atoms with Crippen LogP contribution in [-0.4, -0.2) is 34.6 Å². The van der Waals surface area contributed by atoms with E-state index in [9.17, 15) is 4.79 Å². The fourth-order valence-corrected chi connectivity index (χ4v) is 2.40. The van der Waals surface area contributed by atoms with Gasteiger partial charge in [0.15, 0.2) is 11.5 Å². The predicted molar refractivity (Wildman–Crippen MR) is 96.1 cm³/mol. The van der Waals surface area contributed by atoms with Crippen molar-refractivity contribution in [2.24, 2.45) is 0 Å².